The number of hydrogen-bond donors (Lipinski definition) is 1. The molecule has 2 rings (SSSR count). The zero-order valence-electron chi connectivity index (χ0n) is 9.97. The van der Waals surface area contributed by atoms with E-state index in [-0.39, 0.29) is 17.6 Å². The van der Waals surface area contributed by atoms with Crippen molar-refractivity contribution in [3.05, 3.63) is 18.2 Å². The zero-order valence-corrected chi connectivity index (χ0v) is 9.97. The minimum absolute atomic E-state index is 0.0365. The first-order valence-electron chi connectivity index (χ1n) is 5.62. The van der Waals surface area contributed by atoms with Crippen LogP contribution in [0.5, 0.6) is 5.75 Å². The number of hydrogen-bond acceptors (Lipinski definition) is 4. The molecule has 1 saturated carbocycles. The van der Waals surface area contributed by atoms with Gasteiger partial charge in [-0.15, -0.1) is 0 Å². The molecule has 1 aromatic heterocycles. The van der Waals surface area contributed by atoms with E-state index in [1.54, 1.807) is 12.4 Å². The fourth-order valence-electron chi connectivity index (χ4n) is 1.59. The predicted molar refractivity (Wildman–Crippen MR) is 60.4 cm³/mol. The van der Waals surface area contributed by atoms with Gasteiger partial charge in [-0.2, -0.15) is 0 Å². The topological polar surface area (TPSA) is 55.2 Å². The predicted octanol–water partition coefficient (Wildman–Crippen LogP) is 1.68. The van der Waals surface area contributed by atoms with Gasteiger partial charge < -0.3 is 9.84 Å². The Bertz CT molecular complexity index is 350. The maximum atomic E-state index is 9.14. The van der Waals surface area contributed by atoms with Crippen LogP contribution in [0.2, 0.25) is 0 Å². The van der Waals surface area contributed by atoms with Crippen molar-refractivity contribution in [1.29, 1.82) is 0 Å². The number of nitrogens with zero attached hydrogens (tertiary/aromatic N) is 2. The van der Waals surface area contributed by atoms with E-state index in [1.165, 1.54) is 0 Å². The van der Waals surface area contributed by atoms with Crippen molar-refractivity contribution in [3.63, 3.8) is 0 Å². The Kier molecular flexibility index (Phi) is 2.84. The summed E-state index contributed by atoms with van der Waals surface area (Å²) in [7, 11) is 0. The molecule has 0 atom stereocenters. The van der Waals surface area contributed by atoms with Crippen LogP contribution in [0.1, 0.15) is 39.4 Å². The third-order valence-corrected chi connectivity index (χ3v) is 2.67. The molecule has 4 heteroatoms. The summed E-state index contributed by atoms with van der Waals surface area (Å²) in [6, 6.07) is 0. The van der Waals surface area contributed by atoms with Gasteiger partial charge in [0.25, 0.3) is 0 Å². The van der Waals surface area contributed by atoms with E-state index in [4.69, 9.17) is 9.84 Å². The summed E-state index contributed by atoms with van der Waals surface area (Å²) in [5.41, 5.74) is -0.0365. The van der Waals surface area contributed by atoms with Gasteiger partial charge in [0.15, 0.2) is 5.75 Å². The van der Waals surface area contributed by atoms with Crippen molar-refractivity contribution in [1.82, 2.24) is 9.97 Å². The zero-order chi connectivity index (χ0) is 11.8. The van der Waals surface area contributed by atoms with Gasteiger partial charge in [0.05, 0.1) is 18.5 Å². The third kappa shape index (κ3) is 2.50. The molecule has 1 aliphatic rings. The lowest BCUT2D eigenvalue weighted by Gasteiger charge is -2.31. The number of rotatable bonds is 2. The molecule has 4 nitrogen and oxygen atoms in total. The second kappa shape index (κ2) is 4.01. The summed E-state index contributed by atoms with van der Waals surface area (Å²) in [6.07, 6.45) is 4.76. The quantitative estimate of drug-likeness (QED) is 0.827. The van der Waals surface area contributed by atoms with Crippen LogP contribution in [0.4, 0.5) is 0 Å². The molecule has 1 aliphatic carbocycles. The molecule has 16 heavy (non-hydrogen) atoms. The average molecular weight is 222 g/mol. The molecule has 0 aliphatic heterocycles. The Morgan fingerprint density at radius 3 is 2.25 bits per heavy atom. The van der Waals surface area contributed by atoms with Gasteiger partial charge in [-0.1, -0.05) is 20.8 Å². The maximum Gasteiger partial charge on any atom is 0.156 e. The highest BCUT2D eigenvalue weighted by Crippen LogP contribution is 2.25. The van der Waals surface area contributed by atoms with Gasteiger partial charge in [0.1, 0.15) is 11.9 Å². The Hall–Kier alpha value is -1.16. The highest BCUT2D eigenvalue weighted by Gasteiger charge is 2.29. The summed E-state index contributed by atoms with van der Waals surface area (Å²) >= 11 is 0. The van der Waals surface area contributed by atoms with Crippen LogP contribution in [-0.2, 0) is 5.41 Å². The second-order valence-electron chi connectivity index (χ2n) is 5.36. The normalized spacial score (nSPS) is 25.0. The van der Waals surface area contributed by atoms with Gasteiger partial charge in [0, 0.05) is 18.3 Å². The van der Waals surface area contributed by atoms with Crippen LogP contribution in [0.25, 0.3) is 0 Å². The van der Waals surface area contributed by atoms with Crippen molar-refractivity contribution in [3.8, 4) is 5.75 Å². The number of aliphatic hydroxyl groups excluding tert-OH is 1. The molecule has 0 amide bonds. The fraction of sp³-hybridized carbons (Fsp3) is 0.667. The summed E-state index contributed by atoms with van der Waals surface area (Å²) in [5.74, 6) is 1.50. The first kappa shape index (κ1) is 11.3. The summed E-state index contributed by atoms with van der Waals surface area (Å²) in [6.45, 7) is 6.22. The van der Waals surface area contributed by atoms with Crippen LogP contribution >= 0.6 is 0 Å². The molecule has 0 spiro atoms. The highest BCUT2D eigenvalue weighted by molar-refractivity contribution is 5.15. The summed E-state index contributed by atoms with van der Waals surface area (Å²) < 4.78 is 5.60. The standard InChI is InChI=1S/C12H18N2O2/c1-12(2,3)11-13-6-10(7-14-11)16-9-4-8(15)5-9/h6-9,15H,4-5H2,1-3H3. The van der Waals surface area contributed by atoms with Gasteiger partial charge >= 0.3 is 0 Å². The largest absolute Gasteiger partial charge is 0.487 e. The SMILES string of the molecule is CC(C)(C)c1ncc(OC2CC(O)C2)cn1. The second-order valence-corrected chi connectivity index (χ2v) is 5.36. The highest BCUT2D eigenvalue weighted by atomic mass is 16.5. The molecular weight excluding hydrogens is 204 g/mol. The van der Waals surface area contributed by atoms with E-state index in [1.807, 2.05) is 0 Å². The van der Waals surface area contributed by atoms with Crippen LogP contribution in [0, 0.1) is 0 Å². The molecule has 0 radical (unpaired) electrons. The van der Waals surface area contributed by atoms with Crippen molar-refractivity contribution in [2.24, 2.45) is 0 Å². The van der Waals surface area contributed by atoms with Crippen LogP contribution in [0.15, 0.2) is 12.4 Å². The van der Waals surface area contributed by atoms with E-state index in [0.717, 1.165) is 5.82 Å². The monoisotopic (exact) mass is 222 g/mol. The molecule has 0 bridgehead atoms. The van der Waals surface area contributed by atoms with Crippen LogP contribution in [-0.4, -0.2) is 27.3 Å². The van der Waals surface area contributed by atoms with E-state index in [0.29, 0.717) is 18.6 Å². The first-order valence-corrected chi connectivity index (χ1v) is 5.62. The molecule has 88 valence electrons. The maximum absolute atomic E-state index is 9.14. The van der Waals surface area contributed by atoms with Crippen molar-refractivity contribution in [2.75, 3.05) is 0 Å². The Morgan fingerprint density at radius 2 is 1.81 bits per heavy atom. The van der Waals surface area contributed by atoms with Gasteiger partial charge in [-0.3, -0.25) is 0 Å². The first-order chi connectivity index (χ1) is 7.45. The minimum Gasteiger partial charge on any atom is -0.487 e. The van der Waals surface area contributed by atoms with E-state index in [9.17, 15) is 0 Å². The molecule has 1 aromatic rings. The van der Waals surface area contributed by atoms with E-state index in [2.05, 4.69) is 30.7 Å². The summed E-state index contributed by atoms with van der Waals surface area (Å²) in [5, 5.41) is 9.14. The number of aromatic nitrogens is 2. The molecule has 1 fully saturated rings. The van der Waals surface area contributed by atoms with Crippen molar-refractivity contribution < 1.29 is 9.84 Å². The lowest BCUT2D eigenvalue weighted by molar-refractivity contribution is -0.0111. The molecule has 1 heterocycles. The number of ether oxygens (including phenoxy) is 1. The lowest BCUT2D eigenvalue weighted by Crippen LogP contribution is -2.37. The average Bonchev–Trinajstić information content (AvgIpc) is 2.15. The van der Waals surface area contributed by atoms with E-state index < -0.39 is 0 Å². The minimum atomic E-state index is -0.195. The van der Waals surface area contributed by atoms with Crippen LogP contribution in [0.3, 0.4) is 0 Å². The van der Waals surface area contributed by atoms with Crippen molar-refractivity contribution >= 4 is 0 Å². The number of aliphatic hydroxyl groups is 1. The smallest absolute Gasteiger partial charge is 0.156 e. The molecule has 0 unspecified atom stereocenters. The Balaban J connectivity index is 1.97. The molecule has 0 aromatic carbocycles. The van der Waals surface area contributed by atoms with Gasteiger partial charge in [0.2, 0.25) is 0 Å². The van der Waals surface area contributed by atoms with Crippen molar-refractivity contribution in [2.45, 2.75) is 51.2 Å². The van der Waals surface area contributed by atoms with E-state index >= 15 is 0 Å². The fourth-order valence-corrected chi connectivity index (χ4v) is 1.59. The van der Waals surface area contributed by atoms with Gasteiger partial charge in [-0.05, 0) is 0 Å². The lowest BCUT2D eigenvalue weighted by atomic mass is 9.92. The molecule has 1 N–H and O–H groups in total. The molecular formula is C12H18N2O2. The Morgan fingerprint density at radius 1 is 1.25 bits per heavy atom. The summed E-state index contributed by atoms with van der Waals surface area (Å²) in [4.78, 5) is 8.56. The Labute approximate surface area is 95.7 Å². The van der Waals surface area contributed by atoms with Crippen LogP contribution < -0.4 is 4.74 Å². The molecule has 0 saturated heterocycles. The third-order valence-electron chi connectivity index (χ3n) is 2.67. The van der Waals surface area contributed by atoms with Gasteiger partial charge in [-0.25, -0.2) is 9.97 Å².